The van der Waals surface area contributed by atoms with Crippen molar-refractivity contribution in [2.24, 2.45) is 5.92 Å². The molecule has 1 spiro atoms. The number of hydrogen-bond acceptors (Lipinski definition) is 3. The molecule has 2 heterocycles. The lowest BCUT2D eigenvalue weighted by molar-refractivity contribution is -0.162. The largest absolute Gasteiger partial charge is 0.342 e. The molecule has 0 aromatic rings. The highest BCUT2D eigenvalue weighted by atomic mass is 16.2. The maximum absolute atomic E-state index is 13.0. The quantitative estimate of drug-likeness (QED) is 0.795. The topological polar surface area (TPSA) is 69.7 Å². The minimum atomic E-state index is -0.774. The Balaban J connectivity index is 2.17. The standard InChI is InChI=1S/C19H33N3O3/c1-5-7-16(23)21-11-8-19(9-12-21)18(25)20-15(13-14(3)4)17(24)22(19)10-6-2/h14-15H,5-13H2,1-4H3,(H,20,25). The number of nitrogens with one attached hydrogen (secondary N) is 1. The second-order valence-electron chi connectivity index (χ2n) is 7.81. The molecule has 0 bridgehead atoms. The van der Waals surface area contributed by atoms with E-state index in [0.717, 1.165) is 12.8 Å². The Hall–Kier alpha value is -1.59. The fourth-order valence-corrected chi connectivity index (χ4v) is 4.05. The summed E-state index contributed by atoms with van der Waals surface area (Å²) < 4.78 is 0. The molecule has 142 valence electrons. The molecule has 1 N–H and O–H groups in total. The summed E-state index contributed by atoms with van der Waals surface area (Å²) in [5.41, 5.74) is -0.774. The summed E-state index contributed by atoms with van der Waals surface area (Å²) in [6, 6.07) is -0.413. The van der Waals surface area contributed by atoms with Crippen LogP contribution < -0.4 is 5.32 Å². The van der Waals surface area contributed by atoms with Crippen molar-refractivity contribution in [3.8, 4) is 0 Å². The molecule has 1 atom stereocenters. The Labute approximate surface area is 151 Å². The van der Waals surface area contributed by atoms with Gasteiger partial charge in [0.25, 0.3) is 0 Å². The Morgan fingerprint density at radius 1 is 1.20 bits per heavy atom. The number of amides is 3. The zero-order chi connectivity index (χ0) is 18.6. The van der Waals surface area contributed by atoms with Gasteiger partial charge in [-0.1, -0.05) is 27.7 Å². The third kappa shape index (κ3) is 3.98. The average molecular weight is 351 g/mol. The number of carbonyl (C=O) groups excluding carboxylic acids is 3. The minimum absolute atomic E-state index is 0.0335. The molecule has 6 heteroatoms. The number of likely N-dealkylation sites (tertiary alicyclic amines) is 1. The third-order valence-corrected chi connectivity index (χ3v) is 5.37. The van der Waals surface area contributed by atoms with Crippen LogP contribution >= 0.6 is 0 Å². The van der Waals surface area contributed by atoms with Crippen LogP contribution in [0.1, 0.15) is 66.2 Å². The molecule has 0 saturated carbocycles. The Kier molecular flexibility index (Phi) is 6.47. The second kappa shape index (κ2) is 8.19. The van der Waals surface area contributed by atoms with Crippen molar-refractivity contribution in [3.05, 3.63) is 0 Å². The zero-order valence-corrected chi connectivity index (χ0v) is 16.1. The van der Waals surface area contributed by atoms with E-state index in [4.69, 9.17) is 0 Å². The van der Waals surface area contributed by atoms with E-state index >= 15 is 0 Å². The molecular formula is C19H33N3O3. The molecular weight excluding hydrogens is 318 g/mol. The molecule has 25 heavy (non-hydrogen) atoms. The van der Waals surface area contributed by atoms with Crippen molar-refractivity contribution in [3.63, 3.8) is 0 Å². The molecule has 2 saturated heterocycles. The van der Waals surface area contributed by atoms with Gasteiger partial charge in [-0.25, -0.2) is 0 Å². The molecule has 0 aromatic heterocycles. The maximum atomic E-state index is 13.0. The number of piperazine rings is 1. The highest BCUT2D eigenvalue weighted by Crippen LogP contribution is 2.34. The van der Waals surface area contributed by atoms with Gasteiger partial charge < -0.3 is 15.1 Å². The SMILES string of the molecule is CCCC(=O)N1CCC2(CC1)C(=O)NC(CC(C)C)C(=O)N2CCC. The van der Waals surface area contributed by atoms with Gasteiger partial charge in [-0.05, 0) is 38.0 Å². The summed E-state index contributed by atoms with van der Waals surface area (Å²) in [5, 5.41) is 2.98. The van der Waals surface area contributed by atoms with E-state index < -0.39 is 11.6 Å². The second-order valence-corrected chi connectivity index (χ2v) is 7.81. The Morgan fingerprint density at radius 2 is 1.84 bits per heavy atom. The Morgan fingerprint density at radius 3 is 2.36 bits per heavy atom. The fourth-order valence-electron chi connectivity index (χ4n) is 4.05. The van der Waals surface area contributed by atoms with E-state index in [1.165, 1.54) is 0 Å². The monoisotopic (exact) mass is 351 g/mol. The minimum Gasteiger partial charge on any atom is -0.342 e. The number of piperidine rings is 1. The van der Waals surface area contributed by atoms with Crippen LogP contribution in [-0.4, -0.2) is 58.7 Å². The summed E-state index contributed by atoms with van der Waals surface area (Å²) in [6.07, 6.45) is 3.95. The van der Waals surface area contributed by atoms with E-state index in [-0.39, 0.29) is 17.7 Å². The van der Waals surface area contributed by atoms with E-state index in [1.807, 2.05) is 23.6 Å². The van der Waals surface area contributed by atoms with Crippen LogP contribution in [-0.2, 0) is 14.4 Å². The third-order valence-electron chi connectivity index (χ3n) is 5.37. The summed E-state index contributed by atoms with van der Waals surface area (Å²) in [5.74, 6) is 0.511. The first kappa shape index (κ1) is 19.7. The first-order chi connectivity index (χ1) is 11.9. The van der Waals surface area contributed by atoms with Crippen LogP contribution in [0.2, 0.25) is 0 Å². The Bertz CT molecular complexity index is 510. The predicted molar refractivity (Wildman–Crippen MR) is 96.8 cm³/mol. The van der Waals surface area contributed by atoms with Crippen LogP contribution in [0, 0.1) is 5.92 Å². The van der Waals surface area contributed by atoms with Crippen LogP contribution in [0.25, 0.3) is 0 Å². The van der Waals surface area contributed by atoms with Gasteiger partial charge in [-0.15, -0.1) is 0 Å². The number of carbonyl (C=O) groups is 3. The lowest BCUT2D eigenvalue weighted by Gasteiger charge is -2.51. The highest BCUT2D eigenvalue weighted by molar-refractivity contribution is 6.00. The maximum Gasteiger partial charge on any atom is 0.246 e. The summed E-state index contributed by atoms with van der Waals surface area (Å²) in [7, 11) is 0. The molecule has 2 rings (SSSR count). The van der Waals surface area contributed by atoms with Crippen molar-refractivity contribution in [2.45, 2.75) is 77.8 Å². The van der Waals surface area contributed by atoms with E-state index in [2.05, 4.69) is 19.2 Å². The fraction of sp³-hybridized carbons (Fsp3) is 0.842. The lowest BCUT2D eigenvalue weighted by Crippen LogP contribution is -2.73. The normalized spacial score (nSPS) is 23.3. The molecule has 6 nitrogen and oxygen atoms in total. The molecule has 1 unspecified atom stereocenters. The van der Waals surface area contributed by atoms with Gasteiger partial charge in [-0.3, -0.25) is 14.4 Å². The zero-order valence-electron chi connectivity index (χ0n) is 16.1. The van der Waals surface area contributed by atoms with Crippen LogP contribution in [0.4, 0.5) is 0 Å². The highest BCUT2D eigenvalue weighted by Gasteiger charge is 2.53. The van der Waals surface area contributed by atoms with Gasteiger partial charge in [0, 0.05) is 26.1 Å². The molecule has 3 amide bonds. The molecule has 0 aliphatic carbocycles. The molecule has 2 fully saturated rings. The van der Waals surface area contributed by atoms with Gasteiger partial charge in [0.1, 0.15) is 11.6 Å². The molecule has 2 aliphatic rings. The van der Waals surface area contributed by atoms with Crippen molar-refractivity contribution in [2.75, 3.05) is 19.6 Å². The first-order valence-electron chi connectivity index (χ1n) is 9.76. The number of nitrogens with zero attached hydrogens (tertiary/aromatic N) is 2. The van der Waals surface area contributed by atoms with Crippen molar-refractivity contribution in [1.29, 1.82) is 0 Å². The van der Waals surface area contributed by atoms with Crippen LogP contribution in [0.15, 0.2) is 0 Å². The van der Waals surface area contributed by atoms with Crippen LogP contribution in [0.3, 0.4) is 0 Å². The smallest absolute Gasteiger partial charge is 0.246 e. The summed E-state index contributed by atoms with van der Waals surface area (Å²) >= 11 is 0. The van der Waals surface area contributed by atoms with Gasteiger partial charge in [0.15, 0.2) is 0 Å². The van der Waals surface area contributed by atoms with E-state index in [9.17, 15) is 14.4 Å². The first-order valence-corrected chi connectivity index (χ1v) is 9.76. The number of hydrogen-bond donors (Lipinski definition) is 1. The molecule has 0 aromatic carbocycles. The summed E-state index contributed by atoms with van der Waals surface area (Å²) in [4.78, 5) is 41.8. The van der Waals surface area contributed by atoms with Gasteiger partial charge in [0.2, 0.25) is 17.7 Å². The van der Waals surface area contributed by atoms with Crippen molar-refractivity contribution in [1.82, 2.24) is 15.1 Å². The van der Waals surface area contributed by atoms with E-state index in [1.54, 1.807) is 0 Å². The van der Waals surface area contributed by atoms with Crippen molar-refractivity contribution >= 4 is 17.7 Å². The van der Waals surface area contributed by atoms with Gasteiger partial charge in [-0.2, -0.15) is 0 Å². The van der Waals surface area contributed by atoms with E-state index in [0.29, 0.717) is 51.2 Å². The predicted octanol–water partition coefficient (Wildman–Crippen LogP) is 1.93. The summed E-state index contributed by atoms with van der Waals surface area (Å²) in [6.45, 7) is 9.85. The average Bonchev–Trinajstić information content (AvgIpc) is 2.57. The lowest BCUT2D eigenvalue weighted by atomic mass is 9.80. The van der Waals surface area contributed by atoms with Gasteiger partial charge in [0.05, 0.1) is 0 Å². The van der Waals surface area contributed by atoms with Crippen molar-refractivity contribution < 1.29 is 14.4 Å². The number of rotatable bonds is 6. The molecule has 0 radical (unpaired) electrons. The van der Waals surface area contributed by atoms with Crippen LogP contribution in [0.5, 0.6) is 0 Å². The molecule has 2 aliphatic heterocycles. The van der Waals surface area contributed by atoms with Gasteiger partial charge >= 0.3 is 0 Å².